The van der Waals surface area contributed by atoms with Crippen molar-refractivity contribution in [2.45, 2.75) is 33.4 Å². The summed E-state index contributed by atoms with van der Waals surface area (Å²) in [7, 11) is 1.44. The summed E-state index contributed by atoms with van der Waals surface area (Å²) in [6.45, 7) is 9.77. The summed E-state index contributed by atoms with van der Waals surface area (Å²) in [6, 6.07) is 6.55. The van der Waals surface area contributed by atoms with Crippen LogP contribution in [0.1, 0.15) is 40.3 Å². The average molecular weight is 508 g/mol. The molecule has 0 radical (unpaired) electrons. The molecule has 0 aliphatic rings. The topological polar surface area (TPSA) is 116 Å². The van der Waals surface area contributed by atoms with Crippen molar-refractivity contribution in [2.75, 3.05) is 12.4 Å². The number of pyridine rings is 1. The summed E-state index contributed by atoms with van der Waals surface area (Å²) >= 11 is 6.32. The number of aryl methyl sites for hydroxylation is 1. The molecule has 4 aromatic rings. The predicted octanol–water partition coefficient (Wildman–Crippen LogP) is 4.16. The normalized spacial score (nSPS) is 11.1. The molecule has 0 saturated carbocycles. The van der Waals surface area contributed by atoms with Gasteiger partial charge >= 0.3 is 0 Å². The summed E-state index contributed by atoms with van der Waals surface area (Å²) in [6.07, 6.45) is 5.10. The molecule has 1 aromatic carbocycles. The zero-order valence-corrected chi connectivity index (χ0v) is 21.1. The van der Waals surface area contributed by atoms with E-state index in [0.717, 1.165) is 5.39 Å². The second-order valence-electron chi connectivity index (χ2n) is 8.40. The SMILES string of the molecule is C=CCn1cc2cc(C)c(NC(=O)c3cc(OC)nn3-c3ncccc3Cl)c(C(=O)NC(C)C)c2n1. The number of hydrogen-bond acceptors (Lipinski definition) is 6. The van der Waals surface area contributed by atoms with Crippen molar-refractivity contribution in [3.63, 3.8) is 0 Å². The van der Waals surface area contributed by atoms with Crippen molar-refractivity contribution < 1.29 is 14.3 Å². The first-order chi connectivity index (χ1) is 17.2. The minimum absolute atomic E-state index is 0.121. The Kier molecular flexibility index (Phi) is 7.07. The molecular weight excluding hydrogens is 482 g/mol. The van der Waals surface area contributed by atoms with Gasteiger partial charge in [0.15, 0.2) is 5.82 Å². The highest BCUT2D eigenvalue weighted by atomic mass is 35.5. The van der Waals surface area contributed by atoms with E-state index in [2.05, 4.69) is 32.4 Å². The standard InChI is InChI=1S/C25H26ClN7O3/c1-6-10-32-13-16-11-15(4)21(20(22(16)31-32)25(35)28-14(2)3)29-24(34)18-12-19(36-5)30-33(18)23-17(26)8-7-9-27-23/h6-9,11-14H,1,10H2,2-5H3,(H,28,35)(H,29,34). The number of methoxy groups -OCH3 is 1. The lowest BCUT2D eigenvalue weighted by atomic mass is 10.0. The number of amides is 2. The van der Waals surface area contributed by atoms with Gasteiger partial charge in [-0.3, -0.25) is 14.3 Å². The van der Waals surface area contributed by atoms with E-state index in [1.807, 2.05) is 33.0 Å². The van der Waals surface area contributed by atoms with Crippen LogP contribution in [0.25, 0.3) is 16.7 Å². The first kappa shape index (κ1) is 24.9. The second-order valence-corrected chi connectivity index (χ2v) is 8.80. The number of anilines is 1. The number of nitrogens with zero attached hydrogens (tertiary/aromatic N) is 5. The van der Waals surface area contributed by atoms with Crippen LogP contribution in [0.15, 0.2) is 49.3 Å². The van der Waals surface area contributed by atoms with Gasteiger partial charge in [-0.1, -0.05) is 17.7 Å². The lowest BCUT2D eigenvalue weighted by Gasteiger charge is -2.16. The van der Waals surface area contributed by atoms with Crippen LogP contribution >= 0.6 is 11.6 Å². The number of nitrogens with one attached hydrogen (secondary N) is 2. The highest BCUT2D eigenvalue weighted by Crippen LogP contribution is 2.31. The summed E-state index contributed by atoms with van der Waals surface area (Å²) in [5.41, 5.74) is 1.89. The Labute approximate surface area is 212 Å². The van der Waals surface area contributed by atoms with E-state index in [1.165, 1.54) is 17.9 Å². The molecule has 3 heterocycles. The lowest BCUT2D eigenvalue weighted by Crippen LogP contribution is -2.31. The van der Waals surface area contributed by atoms with Crippen molar-refractivity contribution in [2.24, 2.45) is 0 Å². The van der Waals surface area contributed by atoms with Gasteiger partial charge in [0.1, 0.15) is 11.2 Å². The molecule has 2 amide bonds. The van der Waals surface area contributed by atoms with Gasteiger partial charge in [-0.2, -0.15) is 5.10 Å². The van der Waals surface area contributed by atoms with Crippen LogP contribution in [-0.2, 0) is 6.54 Å². The molecule has 0 saturated heterocycles. The van der Waals surface area contributed by atoms with Crippen LogP contribution in [0.3, 0.4) is 0 Å². The summed E-state index contributed by atoms with van der Waals surface area (Å²) < 4.78 is 8.24. The lowest BCUT2D eigenvalue weighted by molar-refractivity contribution is 0.0945. The molecule has 0 aliphatic heterocycles. The molecule has 0 spiro atoms. The Balaban J connectivity index is 1.84. The van der Waals surface area contributed by atoms with Crippen LogP contribution in [0.4, 0.5) is 5.69 Å². The molecule has 4 rings (SSSR count). The fourth-order valence-electron chi connectivity index (χ4n) is 3.79. The van der Waals surface area contributed by atoms with Crippen molar-refractivity contribution in [3.8, 4) is 11.7 Å². The number of carbonyl (C=O) groups excluding carboxylic acids is 2. The molecule has 0 bridgehead atoms. The second kappa shape index (κ2) is 10.2. The minimum Gasteiger partial charge on any atom is -0.480 e. The zero-order chi connectivity index (χ0) is 26.0. The summed E-state index contributed by atoms with van der Waals surface area (Å²) in [4.78, 5) is 31.1. The molecule has 0 atom stereocenters. The van der Waals surface area contributed by atoms with E-state index in [9.17, 15) is 9.59 Å². The maximum Gasteiger partial charge on any atom is 0.274 e. The van der Waals surface area contributed by atoms with Gasteiger partial charge in [0.25, 0.3) is 11.8 Å². The van der Waals surface area contributed by atoms with E-state index >= 15 is 0 Å². The Hall–Kier alpha value is -4.18. The van der Waals surface area contributed by atoms with Crippen molar-refractivity contribution >= 4 is 40.0 Å². The predicted molar refractivity (Wildman–Crippen MR) is 138 cm³/mol. The number of allylic oxidation sites excluding steroid dienone is 1. The van der Waals surface area contributed by atoms with Crippen LogP contribution < -0.4 is 15.4 Å². The molecule has 0 aliphatic carbocycles. The van der Waals surface area contributed by atoms with E-state index < -0.39 is 5.91 Å². The molecule has 2 N–H and O–H groups in total. The first-order valence-electron chi connectivity index (χ1n) is 11.2. The van der Waals surface area contributed by atoms with Crippen LogP contribution in [0.2, 0.25) is 5.02 Å². The molecule has 10 nitrogen and oxygen atoms in total. The van der Waals surface area contributed by atoms with Crippen molar-refractivity contribution in [3.05, 3.63) is 71.2 Å². The number of fused-ring (bicyclic) bond motifs is 1. The van der Waals surface area contributed by atoms with E-state index in [-0.39, 0.29) is 34.9 Å². The fraction of sp³-hybridized carbons (Fsp3) is 0.240. The quantitative estimate of drug-likeness (QED) is 0.346. The number of halogens is 1. The number of benzene rings is 1. The van der Waals surface area contributed by atoms with Gasteiger partial charge < -0.3 is 15.4 Å². The Bertz CT molecular complexity index is 1470. The third kappa shape index (κ3) is 4.80. The number of carbonyl (C=O) groups is 2. The zero-order valence-electron chi connectivity index (χ0n) is 20.4. The molecule has 186 valence electrons. The Morgan fingerprint density at radius 2 is 2.03 bits per heavy atom. The molecule has 0 unspecified atom stereocenters. The molecular formula is C25H26ClN7O3. The molecule has 11 heteroatoms. The van der Waals surface area contributed by atoms with E-state index in [0.29, 0.717) is 28.3 Å². The van der Waals surface area contributed by atoms with Gasteiger partial charge in [-0.05, 0) is 44.5 Å². The first-order valence-corrected chi connectivity index (χ1v) is 11.6. The number of hydrogen-bond donors (Lipinski definition) is 2. The van der Waals surface area contributed by atoms with Crippen molar-refractivity contribution in [1.82, 2.24) is 29.9 Å². The maximum atomic E-state index is 13.6. The summed E-state index contributed by atoms with van der Waals surface area (Å²) in [5, 5.41) is 15.7. The van der Waals surface area contributed by atoms with Gasteiger partial charge in [0.2, 0.25) is 5.88 Å². The molecule has 3 aromatic heterocycles. The molecule has 0 fully saturated rings. The Morgan fingerprint density at radius 3 is 2.69 bits per heavy atom. The van der Waals surface area contributed by atoms with Gasteiger partial charge in [-0.15, -0.1) is 11.7 Å². The highest BCUT2D eigenvalue weighted by Gasteiger charge is 2.25. The van der Waals surface area contributed by atoms with Crippen molar-refractivity contribution in [1.29, 1.82) is 0 Å². The smallest absolute Gasteiger partial charge is 0.274 e. The largest absolute Gasteiger partial charge is 0.480 e. The van der Waals surface area contributed by atoms with Crippen LogP contribution in [0.5, 0.6) is 5.88 Å². The van der Waals surface area contributed by atoms with Gasteiger partial charge in [0.05, 0.1) is 29.9 Å². The average Bonchev–Trinajstić information content (AvgIpc) is 3.43. The fourth-order valence-corrected chi connectivity index (χ4v) is 3.99. The van der Waals surface area contributed by atoms with Gasteiger partial charge in [0, 0.05) is 29.9 Å². The Morgan fingerprint density at radius 1 is 1.25 bits per heavy atom. The third-order valence-corrected chi connectivity index (χ3v) is 5.61. The number of aromatic nitrogens is 5. The highest BCUT2D eigenvalue weighted by molar-refractivity contribution is 6.32. The van der Waals surface area contributed by atoms with Gasteiger partial charge in [-0.25, -0.2) is 9.67 Å². The summed E-state index contributed by atoms with van der Waals surface area (Å²) in [5.74, 6) is -0.411. The monoisotopic (exact) mass is 507 g/mol. The van der Waals surface area contributed by atoms with Crippen LogP contribution in [0, 0.1) is 6.92 Å². The number of rotatable bonds is 8. The molecule has 36 heavy (non-hydrogen) atoms. The third-order valence-electron chi connectivity index (χ3n) is 5.31. The number of ether oxygens (including phenoxy) is 1. The van der Waals surface area contributed by atoms with E-state index in [1.54, 1.807) is 29.1 Å². The minimum atomic E-state index is -0.529. The van der Waals surface area contributed by atoms with Crippen LogP contribution in [-0.4, -0.2) is 49.5 Å². The van der Waals surface area contributed by atoms with E-state index in [4.69, 9.17) is 16.3 Å². The maximum absolute atomic E-state index is 13.6.